The summed E-state index contributed by atoms with van der Waals surface area (Å²) in [6.07, 6.45) is 2.24. The zero-order valence-electron chi connectivity index (χ0n) is 14.7. The molecule has 9 heteroatoms. The van der Waals surface area contributed by atoms with Gasteiger partial charge in [-0.3, -0.25) is 9.36 Å². The average molecular weight is 350 g/mol. The van der Waals surface area contributed by atoms with Crippen molar-refractivity contribution in [2.24, 2.45) is 7.05 Å². The Bertz CT molecular complexity index is 765. The van der Waals surface area contributed by atoms with Crippen LogP contribution in [-0.2, 0) is 23.1 Å². The summed E-state index contributed by atoms with van der Waals surface area (Å²) in [5.74, 6) is -1.23. The molecule has 1 unspecified atom stereocenters. The molecule has 0 fully saturated rings. The van der Waals surface area contributed by atoms with Gasteiger partial charge < -0.3 is 14.6 Å². The Morgan fingerprint density at radius 1 is 1.24 bits per heavy atom. The SMILES string of the molecule is CCOC(=O)c1nn(CC(O)c2cnn(C)c2)c(C(=O)OCC)c1C. The van der Waals surface area contributed by atoms with Gasteiger partial charge in [-0.15, -0.1) is 0 Å². The summed E-state index contributed by atoms with van der Waals surface area (Å²) in [5, 5.41) is 18.5. The van der Waals surface area contributed by atoms with E-state index in [1.54, 1.807) is 38.7 Å². The minimum atomic E-state index is -0.948. The predicted molar refractivity (Wildman–Crippen MR) is 87.0 cm³/mol. The largest absolute Gasteiger partial charge is 0.461 e. The standard InChI is InChI=1S/C16H22N4O5/c1-5-24-15(22)13-10(3)14(16(23)25-6-2)20(18-13)9-12(21)11-7-17-19(4)8-11/h7-8,12,21H,5-6,9H2,1-4H3. The first-order chi connectivity index (χ1) is 11.9. The number of nitrogens with zero attached hydrogens (tertiary/aromatic N) is 4. The highest BCUT2D eigenvalue weighted by atomic mass is 16.5. The van der Waals surface area contributed by atoms with Gasteiger partial charge in [-0.1, -0.05) is 0 Å². The van der Waals surface area contributed by atoms with Crippen molar-refractivity contribution < 1.29 is 24.2 Å². The van der Waals surface area contributed by atoms with Gasteiger partial charge in [0.15, 0.2) is 5.69 Å². The van der Waals surface area contributed by atoms with Crippen LogP contribution in [0.1, 0.15) is 52.1 Å². The first-order valence-corrected chi connectivity index (χ1v) is 7.97. The smallest absolute Gasteiger partial charge is 0.359 e. The third-order valence-corrected chi connectivity index (χ3v) is 3.58. The Balaban J connectivity index is 2.38. The molecule has 2 heterocycles. The Kier molecular flexibility index (Phi) is 5.92. The average Bonchev–Trinajstić information content (AvgIpc) is 3.12. The molecule has 2 aromatic rings. The van der Waals surface area contributed by atoms with Crippen LogP contribution in [-0.4, -0.2) is 49.8 Å². The van der Waals surface area contributed by atoms with Gasteiger partial charge in [0.05, 0.1) is 26.0 Å². The highest BCUT2D eigenvalue weighted by Gasteiger charge is 2.27. The van der Waals surface area contributed by atoms with Crippen molar-refractivity contribution in [3.05, 3.63) is 34.9 Å². The number of aliphatic hydroxyl groups is 1. The van der Waals surface area contributed by atoms with Crippen LogP contribution in [0.25, 0.3) is 0 Å². The van der Waals surface area contributed by atoms with Crippen LogP contribution in [0, 0.1) is 6.92 Å². The van der Waals surface area contributed by atoms with E-state index in [1.165, 1.54) is 10.9 Å². The van der Waals surface area contributed by atoms with Crippen molar-refractivity contribution in [2.45, 2.75) is 33.4 Å². The summed E-state index contributed by atoms with van der Waals surface area (Å²) in [7, 11) is 1.73. The lowest BCUT2D eigenvalue weighted by Gasteiger charge is -2.11. The summed E-state index contributed by atoms with van der Waals surface area (Å²) >= 11 is 0. The van der Waals surface area contributed by atoms with Crippen LogP contribution in [0.5, 0.6) is 0 Å². The van der Waals surface area contributed by atoms with E-state index in [1.807, 2.05) is 0 Å². The maximum absolute atomic E-state index is 12.3. The Morgan fingerprint density at radius 3 is 2.44 bits per heavy atom. The number of aliphatic hydroxyl groups excluding tert-OH is 1. The van der Waals surface area contributed by atoms with Crippen LogP contribution >= 0.6 is 0 Å². The zero-order chi connectivity index (χ0) is 18.6. The molecule has 2 rings (SSSR count). The summed E-state index contributed by atoms with van der Waals surface area (Å²) < 4.78 is 12.8. The molecular formula is C16H22N4O5. The van der Waals surface area contributed by atoms with Crippen LogP contribution in [0.4, 0.5) is 0 Å². The van der Waals surface area contributed by atoms with Crippen molar-refractivity contribution >= 4 is 11.9 Å². The normalized spacial score (nSPS) is 12.0. The molecule has 25 heavy (non-hydrogen) atoms. The molecule has 0 aromatic carbocycles. The maximum atomic E-state index is 12.3. The first kappa shape index (κ1) is 18.7. The van der Waals surface area contributed by atoms with Crippen molar-refractivity contribution in [1.82, 2.24) is 19.6 Å². The maximum Gasteiger partial charge on any atom is 0.359 e. The quantitative estimate of drug-likeness (QED) is 0.742. The zero-order valence-corrected chi connectivity index (χ0v) is 14.7. The van der Waals surface area contributed by atoms with Crippen molar-refractivity contribution in [3.63, 3.8) is 0 Å². The third-order valence-electron chi connectivity index (χ3n) is 3.58. The molecule has 1 atom stereocenters. The molecule has 0 saturated heterocycles. The molecule has 0 bridgehead atoms. The van der Waals surface area contributed by atoms with E-state index in [-0.39, 0.29) is 31.1 Å². The van der Waals surface area contributed by atoms with Gasteiger partial charge in [0.2, 0.25) is 0 Å². The van der Waals surface area contributed by atoms with Crippen molar-refractivity contribution in [1.29, 1.82) is 0 Å². The molecular weight excluding hydrogens is 328 g/mol. The molecule has 136 valence electrons. The van der Waals surface area contributed by atoms with Crippen LogP contribution in [0.3, 0.4) is 0 Å². The second-order valence-electron chi connectivity index (χ2n) is 5.41. The Hall–Kier alpha value is -2.68. The van der Waals surface area contributed by atoms with Crippen LogP contribution in [0.15, 0.2) is 12.4 Å². The molecule has 0 spiro atoms. The topological polar surface area (TPSA) is 108 Å². The second-order valence-corrected chi connectivity index (χ2v) is 5.41. The Morgan fingerprint density at radius 2 is 1.88 bits per heavy atom. The number of hydrogen-bond acceptors (Lipinski definition) is 7. The van der Waals surface area contributed by atoms with E-state index in [0.29, 0.717) is 11.1 Å². The van der Waals surface area contributed by atoms with Crippen molar-refractivity contribution in [3.8, 4) is 0 Å². The molecule has 0 aliphatic rings. The van der Waals surface area contributed by atoms with Gasteiger partial charge in [-0.25, -0.2) is 9.59 Å². The number of carbonyl (C=O) groups is 2. The summed E-state index contributed by atoms with van der Waals surface area (Å²) in [4.78, 5) is 24.3. The molecule has 0 aliphatic heterocycles. The third kappa shape index (κ3) is 4.05. The lowest BCUT2D eigenvalue weighted by Crippen LogP contribution is -2.18. The number of carbonyl (C=O) groups excluding carboxylic acids is 2. The highest BCUT2D eigenvalue weighted by molar-refractivity contribution is 5.95. The number of rotatable bonds is 7. The monoisotopic (exact) mass is 350 g/mol. The van der Waals surface area contributed by atoms with Gasteiger partial charge in [0, 0.05) is 24.4 Å². The van der Waals surface area contributed by atoms with E-state index < -0.39 is 18.0 Å². The van der Waals surface area contributed by atoms with Gasteiger partial charge in [-0.2, -0.15) is 10.2 Å². The molecule has 0 saturated carbocycles. The fourth-order valence-corrected chi connectivity index (χ4v) is 2.42. The van der Waals surface area contributed by atoms with E-state index in [2.05, 4.69) is 10.2 Å². The minimum Gasteiger partial charge on any atom is -0.461 e. The Labute approximate surface area is 145 Å². The van der Waals surface area contributed by atoms with Gasteiger partial charge in [0.1, 0.15) is 11.8 Å². The molecule has 0 aliphatic carbocycles. The minimum absolute atomic E-state index is 0.0277. The summed E-state index contributed by atoms with van der Waals surface area (Å²) in [6, 6.07) is 0. The number of ether oxygens (including phenoxy) is 2. The number of hydrogen-bond donors (Lipinski definition) is 1. The number of aromatic nitrogens is 4. The molecule has 9 nitrogen and oxygen atoms in total. The summed E-state index contributed by atoms with van der Waals surface area (Å²) in [5.41, 5.74) is 1.08. The van der Waals surface area contributed by atoms with Crippen LogP contribution < -0.4 is 0 Å². The lowest BCUT2D eigenvalue weighted by molar-refractivity contribution is 0.0498. The lowest BCUT2D eigenvalue weighted by atomic mass is 10.2. The molecule has 1 N–H and O–H groups in total. The number of aryl methyl sites for hydroxylation is 1. The molecule has 2 aromatic heterocycles. The second kappa shape index (κ2) is 7.93. The van der Waals surface area contributed by atoms with Crippen molar-refractivity contribution in [2.75, 3.05) is 13.2 Å². The predicted octanol–water partition coefficient (Wildman–Crippen LogP) is 1.01. The fourth-order valence-electron chi connectivity index (χ4n) is 2.42. The van der Waals surface area contributed by atoms with E-state index in [4.69, 9.17) is 9.47 Å². The highest BCUT2D eigenvalue weighted by Crippen LogP contribution is 2.20. The van der Waals surface area contributed by atoms with E-state index >= 15 is 0 Å². The van der Waals surface area contributed by atoms with E-state index in [9.17, 15) is 14.7 Å². The van der Waals surface area contributed by atoms with Crippen LogP contribution in [0.2, 0.25) is 0 Å². The molecule has 0 radical (unpaired) electrons. The van der Waals surface area contributed by atoms with Gasteiger partial charge >= 0.3 is 11.9 Å². The van der Waals surface area contributed by atoms with Gasteiger partial charge in [-0.05, 0) is 20.8 Å². The molecule has 0 amide bonds. The first-order valence-electron chi connectivity index (χ1n) is 7.97. The van der Waals surface area contributed by atoms with E-state index in [0.717, 1.165) is 0 Å². The van der Waals surface area contributed by atoms with Gasteiger partial charge in [0.25, 0.3) is 0 Å². The summed E-state index contributed by atoms with van der Waals surface area (Å²) in [6.45, 7) is 5.31. The fraction of sp³-hybridized carbons (Fsp3) is 0.500. The number of esters is 2.